The SMILES string of the molecule is COc1ccc(-c2ccc(C(=O)NC(C)CN3CCCC3)cc2)cc1C(C)=O. The fourth-order valence-electron chi connectivity index (χ4n) is 3.68. The van der Waals surface area contributed by atoms with Crippen LogP contribution in [0.1, 0.15) is 47.4 Å². The van der Waals surface area contributed by atoms with Crippen molar-refractivity contribution in [2.75, 3.05) is 26.7 Å². The van der Waals surface area contributed by atoms with Gasteiger partial charge in [-0.15, -0.1) is 0 Å². The van der Waals surface area contributed by atoms with Crippen molar-refractivity contribution in [2.45, 2.75) is 32.7 Å². The number of rotatable bonds is 7. The number of ketones is 1. The number of likely N-dealkylation sites (tertiary alicyclic amines) is 1. The second kappa shape index (κ2) is 9.02. The molecule has 2 aromatic rings. The fraction of sp³-hybridized carbons (Fsp3) is 0.391. The van der Waals surface area contributed by atoms with Crippen LogP contribution in [0.5, 0.6) is 5.75 Å². The molecule has 1 saturated heterocycles. The first-order valence-electron chi connectivity index (χ1n) is 9.80. The minimum Gasteiger partial charge on any atom is -0.496 e. The summed E-state index contributed by atoms with van der Waals surface area (Å²) >= 11 is 0. The highest BCUT2D eigenvalue weighted by atomic mass is 16.5. The molecule has 2 aromatic carbocycles. The van der Waals surface area contributed by atoms with E-state index in [4.69, 9.17) is 4.74 Å². The van der Waals surface area contributed by atoms with Crippen LogP contribution in [0.25, 0.3) is 11.1 Å². The molecule has 1 amide bonds. The van der Waals surface area contributed by atoms with Crippen molar-refractivity contribution in [3.05, 3.63) is 53.6 Å². The van der Waals surface area contributed by atoms with E-state index in [9.17, 15) is 9.59 Å². The Labute approximate surface area is 166 Å². The summed E-state index contributed by atoms with van der Waals surface area (Å²) in [5, 5.41) is 3.08. The molecule has 3 rings (SSSR count). The van der Waals surface area contributed by atoms with E-state index in [1.165, 1.54) is 19.8 Å². The highest BCUT2D eigenvalue weighted by molar-refractivity contribution is 5.98. The first-order chi connectivity index (χ1) is 13.5. The third-order valence-electron chi connectivity index (χ3n) is 5.17. The highest BCUT2D eigenvalue weighted by Crippen LogP contribution is 2.27. The van der Waals surface area contributed by atoms with Crippen molar-refractivity contribution >= 4 is 11.7 Å². The molecule has 28 heavy (non-hydrogen) atoms. The molecule has 5 heteroatoms. The lowest BCUT2D eigenvalue weighted by molar-refractivity contribution is 0.0931. The minimum absolute atomic E-state index is 0.0401. The van der Waals surface area contributed by atoms with Crippen LogP contribution in [0.4, 0.5) is 0 Å². The average molecular weight is 380 g/mol. The Hall–Kier alpha value is -2.66. The lowest BCUT2D eigenvalue weighted by Crippen LogP contribution is -2.41. The van der Waals surface area contributed by atoms with E-state index in [-0.39, 0.29) is 17.7 Å². The Morgan fingerprint density at radius 2 is 1.71 bits per heavy atom. The van der Waals surface area contributed by atoms with Gasteiger partial charge in [0.05, 0.1) is 12.7 Å². The molecule has 0 spiro atoms. The average Bonchev–Trinajstić information content (AvgIpc) is 3.20. The molecule has 5 nitrogen and oxygen atoms in total. The number of carbonyl (C=O) groups is 2. The molecule has 1 unspecified atom stereocenters. The zero-order chi connectivity index (χ0) is 20.1. The maximum absolute atomic E-state index is 12.5. The van der Waals surface area contributed by atoms with Gasteiger partial charge in [0.2, 0.25) is 0 Å². The van der Waals surface area contributed by atoms with Crippen LogP contribution >= 0.6 is 0 Å². The standard InChI is InChI=1S/C23H28N2O3/c1-16(15-25-12-4-5-13-25)24-23(27)19-8-6-18(7-9-19)20-10-11-22(28-3)21(14-20)17(2)26/h6-11,14,16H,4-5,12-13,15H2,1-3H3,(H,24,27). The van der Waals surface area contributed by atoms with Crippen LogP contribution in [0.15, 0.2) is 42.5 Å². The molecule has 0 aliphatic carbocycles. The van der Waals surface area contributed by atoms with E-state index in [0.717, 1.165) is 30.8 Å². The van der Waals surface area contributed by atoms with E-state index in [1.807, 2.05) is 43.3 Å². The summed E-state index contributed by atoms with van der Waals surface area (Å²) < 4.78 is 5.26. The normalized spacial score (nSPS) is 15.2. The van der Waals surface area contributed by atoms with Gasteiger partial charge in [-0.05, 0) is 75.2 Å². The van der Waals surface area contributed by atoms with E-state index >= 15 is 0 Å². The molecule has 0 aromatic heterocycles. The van der Waals surface area contributed by atoms with Gasteiger partial charge in [0, 0.05) is 18.2 Å². The summed E-state index contributed by atoms with van der Waals surface area (Å²) in [6.07, 6.45) is 2.50. The van der Waals surface area contributed by atoms with Crippen LogP contribution in [-0.4, -0.2) is 49.4 Å². The zero-order valence-corrected chi connectivity index (χ0v) is 16.8. The number of carbonyl (C=O) groups excluding carboxylic acids is 2. The number of benzene rings is 2. The second-order valence-corrected chi connectivity index (χ2v) is 7.43. The van der Waals surface area contributed by atoms with Gasteiger partial charge in [-0.25, -0.2) is 0 Å². The third kappa shape index (κ3) is 4.78. The number of amides is 1. The van der Waals surface area contributed by atoms with Gasteiger partial charge >= 0.3 is 0 Å². The molecule has 1 N–H and O–H groups in total. The van der Waals surface area contributed by atoms with Gasteiger partial charge in [0.15, 0.2) is 5.78 Å². The summed E-state index contributed by atoms with van der Waals surface area (Å²) in [7, 11) is 1.56. The minimum atomic E-state index is -0.0580. The molecule has 0 bridgehead atoms. The van der Waals surface area contributed by atoms with Crippen molar-refractivity contribution in [3.63, 3.8) is 0 Å². The number of hydrogen-bond donors (Lipinski definition) is 1. The molecule has 1 aliphatic heterocycles. The topological polar surface area (TPSA) is 58.6 Å². The predicted molar refractivity (Wildman–Crippen MR) is 111 cm³/mol. The van der Waals surface area contributed by atoms with Crippen molar-refractivity contribution in [1.29, 1.82) is 0 Å². The van der Waals surface area contributed by atoms with E-state index in [2.05, 4.69) is 10.2 Å². The van der Waals surface area contributed by atoms with Gasteiger partial charge in [0.1, 0.15) is 5.75 Å². The smallest absolute Gasteiger partial charge is 0.251 e. The summed E-state index contributed by atoms with van der Waals surface area (Å²) in [6.45, 7) is 6.71. The predicted octanol–water partition coefficient (Wildman–Crippen LogP) is 3.78. The third-order valence-corrected chi connectivity index (χ3v) is 5.17. The number of nitrogens with zero attached hydrogens (tertiary/aromatic N) is 1. The summed E-state index contributed by atoms with van der Waals surface area (Å²) in [6, 6.07) is 13.1. The Balaban J connectivity index is 1.68. The number of nitrogens with one attached hydrogen (secondary N) is 1. The number of methoxy groups -OCH3 is 1. The van der Waals surface area contributed by atoms with Crippen LogP contribution in [0.2, 0.25) is 0 Å². The Bertz CT molecular complexity index is 839. The largest absolute Gasteiger partial charge is 0.496 e. The Kier molecular flexibility index (Phi) is 6.47. The monoisotopic (exact) mass is 380 g/mol. The van der Waals surface area contributed by atoms with Gasteiger partial charge in [0.25, 0.3) is 5.91 Å². The quantitative estimate of drug-likeness (QED) is 0.743. The lowest BCUT2D eigenvalue weighted by atomic mass is 9.99. The Morgan fingerprint density at radius 3 is 2.32 bits per heavy atom. The van der Waals surface area contributed by atoms with Crippen LogP contribution in [0.3, 0.4) is 0 Å². The van der Waals surface area contributed by atoms with Gasteiger partial charge in [-0.3, -0.25) is 9.59 Å². The number of hydrogen-bond acceptors (Lipinski definition) is 4. The van der Waals surface area contributed by atoms with Crippen molar-refractivity contribution < 1.29 is 14.3 Å². The summed E-state index contributed by atoms with van der Waals surface area (Å²) in [4.78, 5) is 26.7. The zero-order valence-electron chi connectivity index (χ0n) is 16.8. The van der Waals surface area contributed by atoms with Gasteiger partial charge < -0.3 is 15.0 Å². The summed E-state index contributed by atoms with van der Waals surface area (Å²) in [5.74, 6) is 0.471. The lowest BCUT2D eigenvalue weighted by Gasteiger charge is -2.21. The molecule has 1 aliphatic rings. The number of Topliss-reactive ketones (excluding diaryl/α,β-unsaturated/α-hetero) is 1. The fourth-order valence-corrected chi connectivity index (χ4v) is 3.68. The van der Waals surface area contributed by atoms with E-state index in [1.54, 1.807) is 13.2 Å². The summed E-state index contributed by atoms with van der Waals surface area (Å²) in [5.41, 5.74) is 3.06. The molecule has 0 radical (unpaired) electrons. The molecular formula is C23H28N2O3. The first kappa shape index (κ1) is 20.1. The molecular weight excluding hydrogens is 352 g/mol. The van der Waals surface area contributed by atoms with Gasteiger partial charge in [-0.2, -0.15) is 0 Å². The maximum atomic E-state index is 12.5. The highest BCUT2D eigenvalue weighted by Gasteiger charge is 2.17. The molecule has 0 saturated carbocycles. The second-order valence-electron chi connectivity index (χ2n) is 7.43. The van der Waals surface area contributed by atoms with Crippen molar-refractivity contribution in [3.8, 4) is 16.9 Å². The maximum Gasteiger partial charge on any atom is 0.251 e. The van der Waals surface area contributed by atoms with Crippen LogP contribution in [0, 0.1) is 0 Å². The van der Waals surface area contributed by atoms with Gasteiger partial charge in [-0.1, -0.05) is 18.2 Å². The molecule has 1 fully saturated rings. The van der Waals surface area contributed by atoms with Crippen LogP contribution < -0.4 is 10.1 Å². The first-order valence-corrected chi connectivity index (χ1v) is 9.80. The molecule has 1 heterocycles. The van der Waals surface area contributed by atoms with Crippen molar-refractivity contribution in [2.24, 2.45) is 0 Å². The van der Waals surface area contributed by atoms with Crippen LogP contribution in [-0.2, 0) is 0 Å². The van der Waals surface area contributed by atoms with Crippen molar-refractivity contribution in [1.82, 2.24) is 10.2 Å². The Morgan fingerprint density at radius 1 is 1.07 bits per heavy atom. The molecule has 1 atom stereocenters. The molecule has 148 valence electrons. The van der Waals surface area contributed by atoms with E-state index < -0.39 is 0 Å². The van der Waals surface area contributed by atoms with E-state index in [0.29, 0.717) is 16.9 Å². The number of ether oxygens (including phenoxy) is 1.